The zero-order valence-electron chi connectivity index (χ0n) is 10.3. The van der Waals surface area contributed by atoms with Gasteiger partial charge in [0.2, 0.25) is 5.91 Å². The lowest BCUT2D eigenvalue weighted by molar-refractivity contribution is -0.120. The van der Waals surface area contributed by atoms with Crippen molar-refractivity contribution in [3.05, 3.63) is 11.4 Å². The Kier molecular flexibility index (Phi) is 5.06. The van der Waals surface area contributed by atoms with E-state index in [4.69, 9.17) is 5.11 Å². The number of carbonyl (C=O) groups is 3. The van der Waals surface area contributed by atoms with Crippen LogP contribution >= 0.6 is 0 Å². The summed E-state index contributed by atoms with van der Waals surface area (Å²) >= 11 is 0. The van der Waals surface area contributed by atoms with E-state index in [0.29, 0.717) is 4.68 Å². The van der Waals surface area contributed by atoms with Gasteiger partial charge in [-0.25, -0.2) is 23.1 Å². The number of aromatic carboxylic acids is 1. The van der Waals surface area contributed by atoms with E-state index in [-0.39, 0.29) is 6.54 Å². The first-order valence-corrected chi connectivity index (χ1v) is 5.39. The topological polar surface area (TPSA) is 126 Å². The van der Waals surface area contributed by atoms with Crippen molar-refractivity contribution in [2.45, 2.75) is 19.9 Å². The van der Waals surface area contributed by atoms with Crippen LogP contribution in [0, 0.1) is 0 Å². The summed E-state index contributed by atoms with van der Waals surface area (Å²) in [4.78, 5) is 33.1. The molecule has 11 heteroatoms. The molecule has 0 atom stereocenters. The smallest absolute Gasteiger partial charge is 0.358 e. The number of nitrogens with zero attached hydrogens (tertiary/aromatic N) is 3. The number of aromatic nitrogens is 3. The van der Waals surface area contributed by atoms with Gasteiger partial charge in [0.05, 0.1) is 0 Å². The molecule has 1 heterocycles. The molecule has 1 aromatic rings. The quantitative estimate of drug-likeness (QED) is 0.687. The zero-order chi connectivity index (χ0) is 15.3. The average Bonchev–Trinajstić information content (AvgIpc) is 2.72. The minimum absolute atomic E-state index is 0.272. The highest BCUT2D eigenvalue weighted by molar-refractivity contribution is 5.94. The summed E-state index contributed by atoms with van der Waals surface area (Å²) in [7, 11) is 0. The standard InChI is InChI=1S/C9H11F2N5O4/c1-2-12-9(20)13-4(17)3-16-6(7(10)11)5(8(18)19)14-15-16/h7H,2-3H2,1H3,(H,18,19)(H2,12,13,17,20). The van der Waals surface area contributed by atoms with Crippen LogP contribution in [0.4, 0.5) is 13.6 Å². The van der Waals surface area contributed by atoms with Crippen LogP contribution in [0.15, 0.2) is 0 Å². The van der Waals surface area contributed by atoms with E-state index >= 15 is 0 Å². The molecule has 0 unspecified atom stereocenters. The van der Waals surface area contributed by atoms with E-state index < -0.39 is 42.3 Å². The van der Waals surface area contributed by atoms with Crippen LogP contribution in [-0.4, -0.2) is 44.6 Å². The Bertz CT molecular complexity index is 530. The van der Waals surface area contributed by atoms with Gasteiger partial charge in [-0.15, -0.1) is 5.10 Å². The third-order valence-corrected chi connectivity index (χ3v) is 2.07. The number of nitrogens with one attached hydrogen (secondary N) is 2. The van der Waals surface area contributed by atoms with Crippen molar-refractivity contribution < 1.29 is 28.3 Å². The third-order valence-electron chi connectivity index (χ3n) is 2.07. The van der Waals surface area contributed by atoms with E-state index in [9.17, 15) is 23.2 Å². The van der Waals surface area contributed by atoms with Crippen molar-refractivity contribution in [2.75, 3.05) is 6.54 Å². The van der Waals surface area contributed by atoms with Crippen molar-refractivity contribution in [3.63, 3.8) is 0 Å². The first kappa shape index (κ1) is 15.5. The Morgan fingerprint density at radius 3 is 2.55 bits per heavy atom. The molecule has 1 rings (SSSR count). The fourth-order valence-corrected chi connectivity index (χ4v) is 1.31. The maximum atomic E-state index is 12.7. The molecule has 20 heavy (non-hydrogen) atoms. The number of hydrogen-bond donors (Lipinski definition) is 3. The lowest BCUT2D eigenvalue weighted by atomic mass is 10.3. The first-order chi connectivity index (χ1) is 9.36. The second kappa shape index (κ2) is 6.54. The molecule has 0 aliphatic heterocycles. The van der Waals surface area contributed by atoms with Gasteiger partial charge in [0, 0.05) is 6.54 Å². The predicted octanol–water partition coefficient (Wildman–Crippen LogP) is -0.240. The maximum Gasteiger partial charge on any atom is 0.358 e. The molecule has 9 nitrogen and oxygen atoms in total. The van der Waals surface area contributed by atoms with E-state index in [1.165, 1.54) is 0 Å². The highest BCUT2D eigenvalue weighted by Crippen LogP contribution is 2.21. The van der Waals surface area contributed by atoms with Crippen LogP contribution in [0.1, 0.15) is 29.5 Å². The van der Waals surface area contributed by atoms with E-state index in [1.54, 1.807) is 6.92 Å². The molecule has 0 radical (unpaired) electrons. The molecule has 0 aliphatic carbocycles. The average molecular weight is 291 g/mol. The Morgan fingerprint density at radius 2 is 2.05 bits per heavy atom. The summed E-state index contributed by atoms with van der Waals surface area (Å²) in [5.41, 5.74) is -1.94. The van der Waals surface area contributed by atoms with E-state index in [0.717, 1.165) is 0 Å². The predicted molar refractivity (Wildman–Crippen MR) is 59.2 cm³/mol. The Morgan fingerprint density at radius 1 is 1.40 bits per heavy atom. The molecular weight excluding hydrogens is 280 g/mol. The minimum atomic E-state index is -3.17. The van der Waals surface area contributed by atoms with Crippen LogP contribution < -0.4 is 10.6 Å². The summed E-state index contributed by atoms with van der Waals surface area (Å²) in [6.07, 6.45) is -3.17. The second-order valence-electron chi connectivity index (χ2n) is 3.49. The Hall–Kier alpha value is -2.59. The monoisotopic (exact) mass is 291 g/mol. The lowest BCUT2D eigenvalue weighted by Gasteiger charge is -2.07. The maximum absolute atomic E-state index is 12.7. The third kappa shape index (κ3) is 3.70. The number of urea groups is 1. The van der Waals surface area contributed by atoms with Crippen LogP contribution in [0.25, 0.3) is 0 Å². The molecular formula is C9H11F2N5O4. The molecule has 1 aromatic heterocycles. The van der Waals surface area contributed by atoms with E-state index in [2.05, 4.69) is 15.6 Å². The number of rotatable bonds is 5. The lowest BCUT2D eigenvalue weighted by Crippen LogP contribution is -2.41. The normalized spacial score (nSPS) is 10.4. The van der Waals surface area contributed by atoms with Crippen molar-refractivity contribution >= 4 is 17.9 Å². The second-order valence-corrected chi connectivity index (χ2v) is 3.49. The van der Waals surface area contributed by atoms with Gasteiger partial charge in [-0.05, 0) is 6.92 Å². The molecule has 0 saturated heterocycles. The van der Waals surface area contributed by atoms with Gasteiger partial charge in [0.15, 0.2) is 5.69 Å². The first-order valence-electron chi connectivity index (χ1n) is 5.39. The molecule has 0 aromatic carbocycles. The summed E-state index contributed by atoms with van der Waals surface area (Å²) in [6, 6.07) is -0.797. The number of alkyl halides is 2. The SMILES string of the molecule is CCNC(=O)NC(=O)Cn1nnc(C(=O)O)c1C(F)F. The number of hydrogen-bond acceptors (Lipinski definition) is 5. The Balaban J connectivity index is 2.85. The van der Waals surface area contributed by atoms with Gasteiger partial charge in [-0.2, -0.15) is 0 Å². The van der Waals surface area contributed by atoms with Crippen molar-refractivity contribution in [2.24, 2.45) is 0 Å². The van der Waals surface area contributed by atoms with Gasteiger partial charge < -0.3 is 10.4 Å². The minimum Gasteiger partial charge on any atom is -0.476 e. The molecule has 0 saturated carbocycles. The molecule has 0 fully saturated rings. The van der Waals surface area contributed by atoms with Gasteiger partial charge in [-0.3, -0.25) is 10.1 Å². The van der Waals surface area contributed by atoms with Crippen molar-refractivity contribution in [1.82, 2.24) is 25.6 Å². The van der Waals surface area contributed by atoms with Crippen LogP contribution in [0.5, 0.6) is 0 Å². The number of carboxylic acid groups (broad SMARTS) is 1. The molecule has 3 N–H and O–H groups in total. The summed E-state index contributed by atoms with van der Waals surface area (Å²) < 4.78 is 25.9. The van der Waals surface area contributed by atoms with Crippen molar-refractivity contribution in [1.29, 1.82) is 0 Å². The number of carbonyl (C=O) groups excluding carboxylic acids is 2. The highest BCUT2D eigenvalue weighted by Gasteiger charge is 2.27. The highest BCUT2D eigenvalue weighted by atomic mass is 19.3. The van der Waals surface area contributed by atoms with E-state index in [1.807, 2.05) is 5.32 Å². The van der Waals surface area contributed by atoms with Gasteiger partial charge in [0.1, 0.15) is 12.2 Å². The fourth-order valence-electron chi connectivity index (χ4n) is 1.31. The molecule has 0 bridgehead atoms. The van der Waals surface area contributed by atoms with Gasteiger partial charge in [-0.1, -0.05) is 5.21 Å². The zero-order valence-corrected chi connectivity index (χ0v) is 10.3. The van der Waals surface area contributed by atoms with Gasteiger partial charge >= 0.3 is 12.0 Å². The van der Waals surface area contributed by atoms with Crippen LogP contribution in [0.2, 0.25) is 0 Å². The Labute approximate surface area is 110 Å². The summed E-state index contributed by atoms with van der Waals surface area (Å²) in [5.74, 6) is -2.62. The van der Waals surface area contributed by atoms with Crippen LogP contribution in [-0.2, 0) is 11.3 Å². The molecule has 110 valence electrons. The fraction of sp³-hybridized carbons (Fsp3) is 0.444. The number of imide groups is 1. The van der Waals surface area contributed by atoms with Gasteiger partial charge in [0.25, 0.3) is 6.43 Å². The number of amides is 3. The van der Waals surface area contributed by atoms with Crippen LogP contribution in [0.3, 0.4) is 0 Å². The molecule has 0 aliphatic rings. The molecule has 0 spiro atoms. The number of halogens is 2. The number of carboxylic acids is 1. The summed E-state index contributed by atoms with van der Waals surface area (Å²) in [5, 5.41) is 19.0. The molecule has 3 amide bonds. The summed E-state index contributed by atoms with van der Waals surface area (Å²) in [6.45, 7) is 1.14. The van der Waals surface area contributed by atoms with Crippen molar-refractivity contribution in [3.8, 4) is 0 Å². The largest absolute Gasteiger partial charge is 0.476 e.